The summed E-state index contributed by atoms with van der Waals surface area (Å²) in [5.41, 5.74) is 0.745. The number of ether oxygens (including phenoxy) is 1. The molecule has 0 spiro atoms. The van der Waals surface area contributed by atoms with E-state index in [9.17, 15) is 9.59 Å². The van der Waals surface area contributed by atoms with E-state index in [2.05, 4.69) is 10.3 Å². The van der Waals surface area contributed by atoms with E-state index in [1.807, 2.05) is 0 Å². The second kappa shape index (κ2) is 7.76. The van der Waals surface area contributed by atoms with Gasteiger partial charge in [0.05, 0.1) is 29.4 Å². The van der Waals surface area contributed by atoms with Crippen molar-refractivity contribution in [3.05, 3.63) is 63.1 Å². The Bertz CT molecular complexity index is 1020. The lowest BCUT2D eigenvalue weighted by atomic mass is 10.2. The van der Waals surface area contributed by atoms with Crippen molar-refractivity contribution >= 4 is 45.7 Å². The maximum absolute atomic E-state index is 12.5. The zero-order valence-corrected chi connectivity index (χ0v) is 15.3. The Morgan fingerprint density at radius 1 is 1.23 bits per heavy atom. The fourth-order valence-electron chi connectivity index (χ4n) is 2.47. The molecule has 0 radical (unpaired) electrons. The molecule has 0 saturated carbocycles. The SMILES string of the molecule is COc1ccc(NC(=O)CCn2cnc3c(Cl)cc(Cl)cc3c2=O)cc1. The molecule has 3 rings (SSSR count). The van der Waals surface area contributed by atoms with E-state index in [4.69, 9.17) is 27.9 Å². The van der Waals surface area contributed by atoms with E-state index in [0.717, 1.165) is 0 Å². The Hall–Kier alpha value is -2.57. The molecule has 1 amide bonds. The summed E-state index contributed by atoms with van der Waals surface area (Å²) in [7, 11) is 1.57. The van der Waals surface area contributed by atoms with Crippen molar-refractivity contribution in [3.8, 4) is 5.75 Å². The van der Waals surface area contributed by atoms with Gasteiger partial charge in [0.2, 0.25) is 5.91 Å². The van der Waals surface area contributed by atoms with Crippen LogP contribution in [0.4, 0.5) is 5.69 Å². The Morgan fingerprint density at radius 3 is 2.65 bits per heavy atom. The third-order valence-corrected chi connectivity index (χ3v) is 4.31. The van der Waals surface area contributed by atoms with Crippen molar-refractivity contribution in [1.29, 1.82) is 0 Å². The molecule has 0 atom stereocenters. The zero-order valence-electron chi connectivity index (χ0n) is 13.8. The van der Waals surface area contributed by atoms with Crippen molar-refractivity contribution < 1.29 is 9.53 Å². The fraction of sp³-hybridized carbons (Fsp3) is 0.167. The molecule has 0 bridgehead atoms. The second-order valence-electron chi connectivity index (χ2n) is 5.55. The van der Waals surface area contributed by atoms with Crippen LogP contribution in [0.1, 0.15) is 6.42 Å². The molecule has 1 heterocycles. The van der Waals surface area contributed by atoms with Gasteiger partial charge in [-0.1, -0.05) is 23.2 Å². The lowest BCUT2D eigenvalue weighted by Gasteiger charge is -2.09. The highest BCUT2D eigenvalue weighted by atomic mass is 35.5. The number of rotatable bonds is 5. The van der Waals surface area contributed by atoms with E-state index >= 15 is 0 Å². The molecule has 3 aromatic rings. The number of nitrogens with one attached hydrogen (secondary N) is 1. The number of carbonyl (C=O) groups excluding carboxylic acids is 1. The third-order valence-electron chi connectivity index (χ3n) is 3.80. The molecule has 1 aromatic heterocycles. The van der Waals surface area contributed by atoms with Gasteiger partial charge in [0.25, 0.3) is 5.56 Å². The molecule has 0 aliphatic heterocycles. The first-order valence-corrected chi connectivity index (χ1v) is 8.51. The largest absolute Gasteiger partial charge is 0.497 e. The second-order valence-corrected chi connectivity index (χ2v) is 6.40. The van der Waals surface area contributed by atoms with Gasteiger partial charge in [0.1, 0.15) is 5.75 Å². The fourth-order valence-corrected chi connectivity index (χ4v) is 3.02. The van der Waals surface area contributed by atoms with Crippen LogP contribution < -0.4 is 15.6 Å². The van der Waals surface area contributed by atoms with Crippen molar-refractivity contribution in [1.82, 2.24) is 9.55 Å². The summed E-state index contributed by atoms with van der Waals surface area (Å²) >= 11 is 12.0. The Labute approximate surface area is 159 Å². The monoisotopic (exact) mass is 391 g/mol. The minimum absolute atomic E-state index is 0.118. The quantitative estimate of drug-likeness (QED) is 0.718. The molecular weight excluding hydrogens is 377 g/mol. The molecule has 8 heteroatoms. The number of carbonyl (C=O) groups is 1. The Balaban J connectivity index is 1.71. The van der Waals surface area contributed by atoms with Gasteiger partial charge in [-0.15, -0.1) is 0 Å². The van der Waals surface area contributed by atoms with Gasteiger partial charge < -0.3 is 10.1 Å². The van der Waals surface area contributed by atoms with Crippen LogP contribution in [-0.2, 0) is 11.3 Å². The highest BCUT2D eigenvalue weighted by Gasteiger charge is 2.10. The van der Waals surface area contributed by atoms with E-state index in [1.165, 1.54) is 23.0 Å². The number of hydrogen-bond donors (Lipinski definition) is 1. The average Bonchev–Trinajstić information content (AvgIpc) is 2.62. The van der Waals surface area contributed by atoms with E-state index in [-0.39, 0.29) is 24.4 Å². The highest BCUT2D eigenvalue weighted by molar-refractivity contribution is 6.38. The van der Waals surface area contributed by atoms with Gasteiger partial charge in [0, 0.05) is 23.7 Å². The van der Waals surface area contributed by atoms with E-state index < -0.39 is 0 Å². The summed E-state index contributed by atoms with van der Waals surface area (Å²) in [6.07, 6.45) is 1.50. The number of anilines is 1. The van der Waals surface area contributed by atoms with Crippen LogP contribution in [0, 0.1) is 0 Å². The maximum Gasteiger partial charge on any atom is 0.261 e. The van der Waals surface area contributed by atoms with E-state index in [1.54, 1.807) is 31.4 Å². The minimum atomic E-state index is -0.295. The van der Waals surface area contributed by atoms with Gasteiger partial charge in [-0.2, -0.15) is 0 Å². The van der Waals surface area contributed by atoms with Crippen molar-refractivity contribution in [2.24, 2.45) is 0 Å². The lowest BCUT2D eigenvalue weighted by Crippen LogP contribution is -2.23. The highest BCUT2D eigenvalue weighted by Crippen LogP contribution is 2.24. The molecule has 1 N–H and O–H groups in total. The van der Waals surface area contributed by atoms with Crippen LogP contribution in [-0.4, -0.2) is 22.6 Å². The normalized spacial score (nSPS) is 10.7. The molecule has 0 saturated heterocycles. The number of amides is 1. The number of methoxy groups -OCH3 is 1. The number of fused-ring (bicyclic) bond motifs is 1. The van der Waals surface area contributed by atoms with Crippen molar-refractivity contribution in [3.63, 3.8) is 0 Å². The first-order valence-electron chi connectivity index (χ1n) is 7.76. The summed E-state index contributed by atoms with van der Waals surface area (Å²) in [5, 5.41) is 3.76. The number of aryl methyl sites for hydroxylation is 1. The summed E-state index contributed by atoms with van der Waals surface area (Å²) < 4.78 is 6.43. The molecule has 0 aliphatic rings. The van der Waals surface area contributed by atoms with Crippen LogP contribution in [0.2, 0.25) is 10.0 Å². The molecule has 0 fully saturated rings. The number of hydrogen-bond acceptors (Lipinski definition) is 4. The average molecular weight is 392 g/mol. The topological polar surface area (TPSA) is 73.2 Å². The number of nitrogens with zero attached hydrogens (tertiary/aromatic N) is 2. The maximum atomic E-state index is 12.5. The van der Waals surface area contributed by atoms with Gasteiger partial charge in [-0.05, 0) is 36.4 Å². The minimum Gasteiger partial charge on any atom is -0.497 e. The standard InChI is InChI=1S/C18H15Cl2N3O3/c1-26-13-4-2-12(3-5-13)22-16(24)6-7-23-10-21-17-14(18(23)25)8-11(19)9-15(17)20/h2-5,8-10H,6-7H2,1H3,(H,22,24). The van der Waals surface area contributed by atoms with Crippen molar-refractivity contribution in [2.45, 2.75) is 13.0 Å². The summed E-state index contributed by atoms with van der Waals surface area (Å²) in [4.78, 5) is 28.8. The number of benzene rings is 2. The van der Waals surface area contributed by atoms with Crippen LogP contribution in [0.5, 0.6) is 5.75 Å². The van der Waals surface area contributed by atoms with Gasteiger partial charge in [0.15, 0.2) is 0 Å². The molecular formula is C18H15Cl2N3O3. The number of aromatic nitrogens is 2. The molecule has 2 aromatic carbocycles. The van der Waals surface area contributed by atoms with Gasteiger partial charge in [-0.3, -0.25) is 14.2 Å². The Kier molecular flexibility index (Phi) is 5.44. The van der Waals surface area contributed by atoms with Crippen molar-refractivity contribution in [2.75, 3.05) is 12.4 Å². The smallest absolute Gasteiger partial charge is 0.261 e. The molecule has 0 unspecified atom stereocenters. The van der Waals surface area contributed by atoms with Crippen LogP contribution in [0.3, 0.4) is 0 Å². The van der Waals surface area contributed by atoms with Crippen LogP contribution in [0.25, 0.3) is 10.9 Å². The summed E-state index contributed by atoms with van der Waals surface area (Å²) in [6, 6.07) is 10.0. The lowest BCUT2D eigenvalue weighted by molar-refractivity contribution is -0.116. The predicted molar refractivity (Wildman–Crippen MR) is 102 cm³/mol. The molecule has 26 heavy (non-hydrogen) atoms. The van der Waals surface area contributed by atoms with Gasteiger partial charge in [-0.25, -0.2) is 4.98 Å². The third kappa shape index (κ3) is 3.98. The first kappa shape index (κ1) is 18.2. The molecule has 134 valence electrons. The van der Waals surface area contributed by atoms with Crippen LogP contribution >= 0.6 is 23.2 Å². The van der Waals surface area contributed by atoms with Gasteiger partial charge >= 0.3 is 0 Å². The summed E-state index contributed by atoms with van der Waals surface area (Å²) in [5.74, 6) is 0.486. The summed E-state index contributed by atoms with van der Waals surface area (Å²) in [6.45, 7) is 0.188. The molecule has 6 nitrogen and oxygen atoms in total. The predicted octanol–water partition coefficient (Wildman–Crippen LogP) is 3.74. The first-order chi connectivity index (χ1) is 12.5. The zero-order chi connectivity index (χ0) is 18.7. The Morgan fingerprint density at radius 2 is 1.96 bits per heavy atom. The van der Waals surface area contributed by atoms with E-state index in [0.29, 0.717) is 32.4 Å². The number of halogens is 2. The molecule has 0 aliphatic carbocycles. The van der Waals surface area contributed by atoms with Crippen LogP contribution in [0.15, 0.2) is 47.5 Å².